The first-order valence-corrected chi connectivity index (χ1v) is 7.11. The second-order valence-electron chi connectivity index (χ2n) is 5.08. The van der Waals surface area contributed by atoms with E-state index in [-0.39, 0.29) is 16.3 Å². The standard InChI is InChI=1S/C13H15ClF3N3O2/c14-11-2-1-9(20(21)22)7-10(11)12(8-13(15,16)17)19-5-3-18-4-6-19/h1-2,7,12,18H,3-6,8H2/t12-/m1/s1. The zero-order chi connectivity index (χ0) is 16.3. The molecule has 2 rings (SSSR count). The molecule has 0 spiro atoms. The van der Waals surface area contributed by atoms with Crippen molar-refractivity contribution >= 4 is 17.3 Å². The normalized spacial score (nSPS) is 18.2. The van der Waals surface area contributed by atoms with Gasteiger partial charge in [0, 0.05) is 49.4 Å². The Morgan fingerprint density at radius 3 is 2.55 bits per heavy atom. The van der Waals surface area contributed by atoms with Gasteiger partial charge in [-0.15, -0.1) is 0 Å². The molecular weight excluding hydrogens is 323 g/mol. The number of nitrogens with one attached hydrogen (secondary N) is 1. The van der Waals surface area contributed by atoms with Crippen molar-refractivity contribution in [2.75, 3.05) is 26.2 Å². The van der Waals surface area contributed by atoms with Gasteiger partial charge in [0.05, 0.1) is 11.3 Å². The molecule has 5 nitrogen and oxygen atoms in total. The number of hydrogen-bond donors (Lipinski definition) is 1. The highest BCUT2D eigenvalue weighted by atomic mass is 35.5. The van der Waals surface area contributed by atoms with Crippen molar-refractivity contribution in [2.45, 2.75) is 18.6 Å². The van der Waals surface area contributed by atoms with Crippen molar-refractivity contribution in [3.8, 4) is 0 Å². The fourth-order valence-corrected chi connectivity index (χ4v) is 2.79. The molecule has 0 radical (unpaired) electrons. The lowest BCUT2D eigenvalue weighted by molar-refractivity contribution is -0.385. The number of hydrogen-bond acceptors (Lipinski definition) is 4. The summed E-state index contributed by atoms with van der Waals surface area (Å²) in [5.41, 5.74) is -0.114. The smallest absolute Gasteiger partial charge is 0.314 e. The van der Waals surface area contributed by atoms with E-state index in [1.54, 1.807) is 4.90 Å². The monoisotopic (exact) mass is 337 g/mol. The Kier molecular flexibility index (Phi) is 5.25. The first kappa shape index (κ1) is 17.0. The summed E-state index contributed by atoms with van der Waals surface area (Å²) in [5, 5.41) is 14.0. The number of alkyl halides is 3. The van der Waals surface area contributed by atoms with Crippen LogP contribution in [-0.2, 0) is 0 Å². The number of halogens is 4. The largest absolute Gasteiger partial charge is 0.390 e. The molecule has 1 heterocycles. The van der Waals surface area contributed by atoms with Gasteiger partial charge in [-0.1, -0.05) is 11.6 Å². The van der Waals surface area contributed by atoms with Crippen LogP contribution in [0.25, 0.3) is 0 Å². The third kappa shape index (κ3) is 4.31. The number of nitro benzene ring substituents is 1. The van der Waals surface area contributed by atoms with Crippen molar-refractivity contribution in [3.05, 3.63) is 38.9 Å². The van der Waals surface area contributed by atoms with Gasteiger partial charge < -0.3 is 5.32 Å². The summed E-state index contributed by atoms with van der Waals surface area (Å²) in [6, 6.07) is 2.59. The molecule has 1 N–H and O–H groups in total. The summed E-state index contributed by atoms with van der Waals surface area (Å²) in [7, 11) is 0. The molecule has 1 aromatic carbocycles. The maximum Gasteiger partial charge on any atom is 0.390 e. The number of piperazine rings is 1. The lowest BCUT2D eigenvalue weighted by Gasteiger charge is -2.36. The molecule has 0 unspecified atom stereocenters. The van der Waals surface area contributed by atoms with Crippen molar-refractivity contribution in [2.24, 2.45) is 0 Å². The Morgan fingerprint density at radius 1 is 1.36 bits per heavy atom. The fraction of sp³-hybridized carbons (Fsp3) is 0.538. The SMILES string of the molecule is O=[N+]([O-])c1ccc(Cl)c([C@@H](CC(F)(F)F)N2CCNCC2)c1. The van der Waals surface area contributed by atoms with Gasteiger partial charge in [0.1, 0.15) is 0 Å². The van der Waals surface area contributed by atoms with Crippen LogP contribution in [0.1, 0.15) is 18.0 Å². The average Bonchev–Trinajstić information content (AvgIpc) is 2.45. The van der Waals surface area contributed by atoms with Crippen LogP contribution in [0.15, 0.2) is 18.2 Å². The van der Waals surface area contributed by atoms with Crippen LogP contribution in [-0.4, -0.2) is 42.2 Å². The fourth-order valence-electron chi connectivity index (χ4n) is 2.55. The van der Waals surface area contributed by atoms with Crippen LogP contribution < -0.4 is 5.32 Å². The Bertz CT molecular complexity index is 548. The molecule has 0 aliphatic carbocycles. The molecule has 122 valence electrons. The van der Waals surface area contributed by atoms with Crippen LogP contribution >= 0.6 is 11.6 Å². The zero-order valence-electron chi connectivity index (χ0n) is 11.6. The number of nitrogens with zero attached hydrogens (tertiary/aromatic N) is 2. The van der Waals surface area contributed by atoms with E-state index in [9.17, 15) is 23.3 Å². The highest BCUT2D eigenvalue weighted by molar-refractivity contribution is 6.31. The summed E-state index contributed by atoms with van der Waals surface area (Å²) in [5.74, 6) is 0. The lowest BCUT2D eigenvalue weighted by atomic mass is 10.00. The summed E-state index contributed by atoms with van der Waals surface area (Å²) >= 11 is 6.01. The second kappa shape index (κ2) is 6.80. The van der Waals surface area contributed by atoms with E-state index in [0.717, 1.165) is 6.07 Å². The quantitative estimate of drug-likeness (QED) is 0.677. The first-order chi connectivity index (χ1) is 10.3. The number of benzene rings is 1. The lowest BCUT2D eigenvalue weighted by Crippen LogP contribution is -2.46. The van der Waals surface area contributed by atoms with Gasteiger partial charge in [0.2, 0.25) is 0 Å². The molecule has 1 aliphatic rings. The van der Waals surface area contributed by atoms with Crippen molar-refractivity contribution in [3.63, 3.8) is 0 Å². The van der Waals surface area contributed by atoms with Crippen LogP contribution in [0.5, 0.6) is 0 Å². The van der Waals surface area contributed by atoms with Crippen molar-refractivity contribution in [1.82, 2.24) is 10.2 Å². The predicted octanol–water partition coefficient (Wildman–Crippen LogP) is 3.15. The van der Waals surface area contributed by atoms with E-state index in [4.69, 9.17) is 11.6 Å². The number of rotatable bonds is 4. The van der Waals surface area contributed by atoms with Gasteiger partial charge in [-0.05, 0) is 11.6 Å². The Balaban J connectivity index is 2.38. The predicted molar refractivity (Wildman–Crippen MR) is 76.0 cm³/mol. The highest BCUT2D eigenvalue weighted by Gasteiger charge is 2.37. The van der Waals surface area contributed by atoms with E-state index in [2.05, 4.69) is 5.32 Å². The second-order valence-corrected chi connectivity index (χ2v) is 5.49. The molecule has 0 saturated carbocycles. The van der Waals surface area contributed by atoms with E-state index in [1.807, 2.05) is 0 Å². The Morgan fingerprint density at radius 2 is 2.00 bits per heavy atom. The third-order valence-corrected chi connectivity index (χ3v) is 3.91. The maximum atomic E-state index is 12.9. The maximum absolute atomic E-state index is 12.9. The minimum atomic E-state index is -4.39. The van der Waals surface area contributed by atoms with Gasteiger partial charge >= 0.3 is 6.18 Å². The van der Waals surface area contributed by atoms with Gasteiger partial charge in [-0.3, -0.25) is 15.0 Å². The van der Waals surface area contributed by atoms with E-state index in [0.29, 0.717) is 26.2 Å². The molecule has 1 saturated heterocycles. The number of non-ortho nitro benzene ring substituents is 1. The Labute approximate surface area is 130 Å². The molecule has 1 atom stereocenters. The summed E-state index contributed by atoms with van der Waals surface area (Å²) in [6.07, 6.45) is -5.47. The number of nitro groups is 1. The third-order valence-electron chi connectivity index (χ3n) is 3.57. The summed E-state index contributed by atoms with van der Waals surface area (Å²) in [4.78, 5) is 11.9. The zero-order valence-corrected chi connectivity index (χ0v) is 12.3. The first-order valence-electron chi connectivity index (χ1n) is 6.73. The van der Waals surface area contributed by atoms with Crippen LogP contribution in [0.3, 0.4) is 0 Å². The molecule has 0 amide bonds. The molecule has 1 fully saturated rings. The highest BCUT2D eigenvalue weighted by Crippen LogP contribution is 2.38. The summed E-state index contributed by atoms with van der Waals surface area (Å²) < 4.78 is 38.8. The molecular formula is C13H15ClF3N3O2. The topological polar surface area (TPSA) is 58.4 Å². The molecule has 0 aromatic heterocycles. The van der Waals surface area contributed by atoms with Crippen LogP contribution in [0.2, 0.25) is 5.02 Å². The molecule has 0 bridgehead atoms. The minimum Gasteiger partial charge on any atom is -0.314 e. The molecule has 9 heteroatoms. The van der Waals surface area contributed by atoms with Gasteiger partial charge in [0.25, 0.3) is 5.69 Å². The molecule has 1 aromatic rings. The van der Waals surface area contributed by atoms with E-state index in [1.165, 1.54) is 12.1 Å². The van der Waals surface area contributed by atoms with Crippen molar-refractivity contribution < 1.29 is 18.1 Å². The van der Waals surface area contributed by atoms with Crippen LogP contribution in [0, 0.1) is 10.1 Å². The minimum absolute atomic E-state index is 0.110. The van der Waals surface area contributed by atoms with E-state index >= 15 is 0 Å². The van der Waals surface area contributed by atoms with Gasteiger partial charge in [-0.2, -0.15) is 13.2 Å². The Hall–Kier alpha value is -1.38. The average molecular weight is 338 g/mol. The van der Waals surface area contributed by atoms with Crippen molar-refractivity contribution in [1.29, 1.82) is 0 Å². The molecule has 1 aliphatic heterocycles. The summed E-state index contributed by atoms with van der Waals surface area (Å²) in [6.45, 7) is 2.00. The van der Waals surface area contributed by atoms with Crippen LogP contribution in [0.4, 0.5) is 18.9 Å². The molecule has 22 heavy (non-hydrogen) atoms. The van der Waals surface area contributed by atoms with E-state index < -0.39 is 23.6 Å². The van der Waals surface area contributed by atoms with Gasteiger partial charge in [-0.25, -0.2) is 0 Å². The van der Waals surface area contributed by atoms with Gasteiger partial charge in [0.15, 0.2) is 0 Å².